The Kier molecular flexibility index (Phi) is 10.9. The second-order valence-electron chi connectivity index (χ2n) is 5.54. The highest BCUT2D eigenvalue weighted by Crippen LogP contribution is 2.07. The van der Waals surface area contributed by atoms with Gasteiger partial charge in [0.1, 0.15) is 6.54 Å². The Morgan fingerprint density at radius 2 is 1.53 bits per heavy atom. The van der Waals surface area contributed by atoms with Crippen molar-refractivity contribution in [1.29, 1.82) is 0 Å². The molecule has 0 aromatic rings. The number of hydrogen-bond donors (Lipinski definition) is 1. The Bertz CT molecular complexity index is 160. The van der Waals surface area contributed by atoms with E-state index < -0.39 is 0 Å². The van der Waals surface area contributed by atoms with Gasteiger partial charge < -0.3 is 14.3 Å². The summed E-state index contributed by atoms with van der Waals surface area (Å²) < 4.78 is 6.38. The lowest BCUT2D eigenvalue weighted by atomic mass is 10.1. The van der Waals surface area contributed by atoms with Crippen LogP contribution in [0.3, 0.4) is 0 Å². The molecule has 0 aromatic carbocycles. The van der Waals surface area contributed by atoms with Crippen LogP contribution < -0.4 is 0 Å². The lowest BCUT2D eigenvalue weighted by Crippen LogP contribution is -2.43. The Labute approximate surface area is 107 Å². The molecular weight excluding hydrogens is 214 g/mol. The summed E-state index contributed by atoms with van der Waals surface area (Å²) in [7, 11) is 4.17. The van der Waals surface area contributed by atoms with Gasteiger partial charge in [-0.2, -0.15) is 0 Å². The number of aliphatic hydroxyl groups is 1. The second kappa shape index (κ2) is 11.0. The minimum atomic E-state index is 0.230. The van der Waals surface area contributed by atoms with E-state index in [9.17, 15) is 0 Å². The summed E-state index contributed by atoms with van der Waals surface area (Å²) in [6, 6.07) is 0. The summed E-state index contributed by atoms with van der Waals surface area (Å²) in [5.41, 5.74) is 0. The van der Waals surface area contributed by atoms with Gasteiger partial charge in [-0.1, -0.05) is 45.4 Å². The quantitative estimate of drug-likeness (QED) is 0.326. The standard InChI is InChI=1S/C14H32NO2/c1-4-5-6-7-8-9-10-13-17-14-15(2,3)11-12-16/h16H,4-14H2,1-3H3/q+1. The van der Waals surface area contributed by atoms with Crippen molar-refractivity contribution in [2.45, 2.75) is 51.9 Å². The maximum atomic E-state index is 8.87. The molecule has 0 spiro atoms. The van der Waals surface area contributed by atoms with Crippen LogP contribution >= 0.6 is 0 Å². The summed E-state index contributed by atoms with van der Waals surface area (Å²) in [6.45, 7) is 4.81. The van der Waals surface area contributed by atoms with Crippen LogP contribution in [0.4, 0.5) is 0 Å². The fourth-order valence-electron chi connectivity index (χ4n) is 1.81. The van der Waals surface area contributed by atoms with Crippen molar-refractivity contribution in [3.8, 4) is 0 Å². The summed E-state index contributed by atoms with van der Waals surface area (Å²) in [4.78, 5) is 0. The molecule has 0 aliphatic carbocycles. The van der Waals surface area contributed by atoms with Crippen LogP contribution in [-0.4, -0.2) is 50.2 Å². The third kappa shape index (κ3) is 12.1. The van der Waals surface area contributed by atoms with Crippen molar-refractivity contribution < 1.29 is 14.3 Å². The highest BCUT2D eigenvalue weighted by atomic mass is 16.5. The highest BCUT2D eigenvalue weighted by molar-refractivity contribution is 4.44. The molecule has 0 atom stereocenters. The van der Waals surface area contributed by atoms with E-state index in [1.165, 1.54) is 44.9 Å². The molecule has 0 saturated carbocycles. The normalized spacial score (nSPS) is 12.0. The summed E-state index contributed by atoms with van der Waals surface area (Å²) in [6.07, 6.45) is 9.27. The zero-order valence-electron chi connectivity index (χ0n) is 12.1. The van der Waals surface area contributed by atoms with Crippen LogP contribution in [0.25, 0.3) is 0 Å². The van der Waals surface area contributed by atoms with Crippen molar-refractivity contribution in [1.82, 2.24) is 0 Å². The number of aliphatic hydroxyl groups excluding tert-OH is 1. The number of likely N-dealkylation sites (N-methyl/N-ethyl adjacent to an activating group) is 1. The number of unbranched alkanes of at least 4 members (excludes halogenated alkanes) is 6. The van der Waals surface area contributed by atoms with E-state index in [1.807, 2.05) is 0 Å². The van der Waals surface area contributed by atoms with Gasteiger partial charge in [0.15, 0.2) is 6.73 Å². The largest absolute Gasteiger partial charge is 0.391 e. The first kappa shape index (κ1) is 16.9. The molecule has 0 bridgehead atoms. The van der Waals surface area contributed by atoms with Crippen LogP contribution in [-0.2, 0) is 4.74 Å². The van der Waals surface area contributed by atoms with Gasteiger partial charge in [-0.15, -0.1) is 0 Å². The van der Waals surface area contributed by atoms with E-state index >= 15 is 0 Å². The molecule has 0 aromatic heterocycles. The molecule has 3 heteroatoms. The molecule has 0 unspecified atom stereocenters. The molecule has 0 fully saturated rings. The number of ether oxygens (including phenoxy) is 1. The van der Waals surface area contributed by atoms with Gasteiger partial charge in [-0.25, -0.2) is 0 Å². The lowest BCUT2D eigenvalue weighted by Gasteiger charge is -2.28. The summed E-state index contributed by atoms with van der Waals surface area (Å²) >= 11 is 0. The lowest BCUT2D eigenvalue weighted by molar-refractivity contribution is -0.910. The first-order chi connectivity index (χ1) is 8.12. The topological polar surface area (TPSA) is 29.5 Å². The van der Waals surface area contributed by atoms with Crippen molar-refractivity contribution in [2.75, 3.05) is 40.6 Å². The van der Waals surface area contributed by atoms with Gasteiger partial charge in [0, 0.05) is 0 Å². The zero-order valence-corrected chi connectivity index (χ0v) is 12.1. The van der Waals surface area contributed by atoms with Crippen LogP contribution in [0.5, 0.6) is 0 Å². The van der Waals surface area contributed by atoms with E-state index in [-0.39, 0.29) is 6.61 Å². The fraction of sp³-hybridized carbons (Fsp3) is 1.00. The van der Waals surface area contributed by atoms with Crippen molar-refractivity contribution in [2.24, 2.45) is 0 Å². The molecule has 0 aliphatic rings. The molecule has 0 rings (SSSR count). The maximum Gasteiger partial charge on any atom is 0.182 e. The SMILES string of the molecule is CCCCCCCCCOC[N+](C)(C)CCO. The first-order valence-electron chi connectivity index (χ1n) is 7.13. The molecule has 1 N–H and O–H groups in total. The number of nitrogens with zero attached hydrogens (tertiary/aromatic N) is 1. The monoisotopic (exact) mass is 246 g/mol. The van der Waals surface area contributed by atoms with Gasteiger partial charge in [0.25, 0.3) is 0 Å². The molecule has 0 saturated heterocycles. The molecule has 0 heterocycles. The van der Waals surface area contributed by atoms with E-state index in [2.05, 4.69) is 21.0 Å². The van der Waals surface area contributed by atoms with E-state index in [0.717, 1.165) is 17.6 Å². The minimum Gasteiger partial charge on any atom is -0.391 e. The van der Waals surface area contributed by atoms with Crippen LogP contribution in [0.2, 0.25) is 0 Å². The zero-order chi connectivity index (χ0) is 13.0. The maximum absolute atomic E-state index is 8.87. The number of rotatable bonds is 12. The molecule has 0 aliphatic heterocycles. The number of hydrogen-bond acceptors (Lipinski definition) is 2. The smallest absolute Gasteiger partial charge is 0.182 e. The van der Waals surface area contributed by atoms with E-state index in [0.29, 0.717) is 6.73 Å². The third-order valence-electron chi connectivity index (χ3n) is 3.04. The van der Waals surface area contributed by atoms with Gasteiger partial charge in [0.2, 0.25) is 0 Å². The second-order valence-corrected chi connectivity index (χ2v) is 5.54. The van der Waals surface area contributed by atoms with Crippen molar-refractivity contribution in [3.63, 3.8) is 0 Å². The number of quaternary nitrogens is 1. The fourth-order valence-corrected chi connectivity index (χ4v) is 1.81. The summed E-state index contributed by atoms with van der Waals surface area (Å²) in [5.74, 6) is 0. The Morgan fingerprint density at radius 1 is 0.941 bits per heavy atom. The Morgan fingerprint density at radius 3 is 2.12 bits per heavy atom. The molecule has 0 radical (unpaired) electrons. The van der Waals surface area contributed by atoms with E-state index in [4.69, 9.17) is 9.84 Å². The molecule has 104 valence electrons. The Balaban J connectivity index is 3.18. The minimum absolute atomic E-state index is 0.230. The predicted octanol–water partition coefficient (Wildman–Crippen LogP) is 2.78. The third-order valence-corrected chi connectivity index (χ3v) is 3.04. The molecule has 17 heavy (non-hydrogen) atoms. The average Bonchev–Trinajstić information content (AvgIpc) is 2.27. The van der Waals surface area contributed by atoms with Crippen molar-refractivity contribution >= 4 is 0 Å². The molecule has 3 nitrogen and oxygen atoms in total. The molecule has 0 amide bonds. The Hall–Kier alpha value is -0.120. The van der Waals surface area contributed by atoms with Gasteiger partial charge in [-0.05, 0) is 6.42 Å². The van der Waals surface area contributed by atoms with Gasteiger partial charge in [-0.3, -0.25) is 0 Å². The summed E-state index contributed by atoms with van der Waals surface area (Å²) in [5, 5.41) is 8.87. The van der Waals surface area contributed by atoms with Crippen molar-refractivity contribution in [3.05, 3.63) is 0 Å². The van der Waals surface area contributed by atoms with Gasteiger partial charge in [0.05, 0.1) is 27.3 Å². The van der Waals surface area contributed by atoms with E-state index in [1.54, 1.807) is 0 Å². The van der Waals surface area contributed by atoms with Crippen LogP contribution in [0, 0.1) is 0 Å². The van der Waals surface area contributed by atoms with Crippen LogP contribution in [0.15, 0.2) is 0 Å². The van der Waals surface area contributed by atoms with Crippen LogP contribution in [0.1, 0.15) is 51.9 Å². The molecular formula is C14H32NO2+. The highest BCUT2D eigenvalue weighted by Gasteiger charge is 2.13. The first-order valence-corrected chi connectivity index (χ1v) is 7.13. The predicted molar refractivity (Wildman–Crippen MR) is 72.9 cm³/mol. The van der Waals surface area contributed by atoms with Gasteiger partial charge >= 0.3 is 0 Å². The average molecular weight is 246 g/mol.